The fourth-order valence-electron chi connectivity index (χ4n) is 6.73. The zero-order valence-electron chi connectivity index (χ0n) is 17.8. The second-order valence-electron chi connectivity index (χ2n) is 10.00. The predicted molar refractivity (Wildman–Crippen MR) is 113 cm³/mol. The Hall–Kier alpha value is -1.91. The van der Waals surface area contributed by atoms with Crippen molar-refractivity contribution in [2.45, 2.75) is 76.3 Å². The fraction of sp³-hybridized carbons (Fsp3) is 0.680. The maximum atomic E-state index is 13.8. The minimum atomic E-state index is -0.222. The van der Waals surface area contributed by atoms with Gasteiger partial charge in [-0.1, -0.05) is 31.4 Å². The molecule has 1 saturated carbocycles. The Kier molecular flexibility index (Phi) is 5.55. The number of carbonyl (C=O) groups is 2. The minimum absolute atomic E-state index is 0.0720. The maximum Gasteiger partial charge on any atom is 0.225 e. The van der Waals surface area contributed by atoms with E-state index in [1.54, 1.807) is 12.1 Å². The molecule has 0 aromatic heterocycles. The van der Waals surface area contributed by atoms with Crippen LogP contribution in [-0.2, 0) is 16.0 Å². The van der Waals surface area contributed by atoms with Gasteiger partial charge in [-0.25, -0.2) is 4.39 Å². The number of hydrogen-bond acceptors (Lipinski definition) is 2. The smallest absolute Gasteiger partial charge is 0.225 e. The third kappa shape index (κ3) is 3.76. The first-order chi connectivity index (χ1) is 14.6. The van der Waals surface area contributed by atoms with Gasteiger partial charge in [0.15, 0.2) is 0 Å². The molecule has 2 bridgehead atoms. The molecule has 0 N–H and O–H groups in total. The Labute approximate surface area is 178 Å². The van der Waals surface area contributed by atoms with E-state index in [1.165, 1.54) is 25.3 Å². The molecule has 4 atom stereocenters. The SMILES string of the molecule is O=C(C1CCCCC1)N1C[C@H]2C[C@@H](C1)[C@H](Cc1cccc(F)c1)N1C(=O)CCC[C@@H]21. The van der Waals surface area contributed by atoms with Crippen LogP contribution in [-0.4, -0.2) is 46.8 Å². The van der Waals surface area contributed by atoms with Crippen molar-refractivity contribution in [2.24, 2.45) is 17.8 Å². The average molecular weight is 413 g/mol. The molecule has 3 heterocycles. The fourth-order valence-corrected chi connectivity index (χ4v) is 6.73. The minimum Gasteiger partial charge on any atom is -0.342 e. The molecule has 162 valence electrons. The van der Waals surface area contributed by atoms with Gasteiger partial charge in [-0.3, -0.25) is 9.59 Å². The zero-order chi connectivity index (χ0) is 20.7. The van der Waals surface area contributed by atoms with Crippen molar-refractivity contribution in [3.05, 3.63) is 35.6 Å². The molecule has 1 aromatic rings. The number of rotatable bonds is 3. The molecule has 30 heavy (non-hydrogen) atoms. The lowest BCUT2D eigenvalue weighted by molar-refractivity contribution is -0.157. The normalized spacial score (nSPS) is 32.1. The first kappa shape index (κ1) is 20.0. The summed E-state index contributed by atoms with van der Waals surface area (Å²) in [6.45, 7) is 1.56. The van der Waals surface area contributed by atoms with E-state index in [0.29, 0.717) is 24.7 Å². The van der Waals surface area contributed by atoms with Gasteiger partial charge < -0.3 is 9.80 Å². The van der Waals surface area contributed by atoms with Crippen LogP contribution < -0.4 is 0 Å². The average Bonchev–Trinajstić information content (AvgIpc) is 2.77. The van der Waals surface area contributed by atoms with Crippen molar-refractivity contribution >= 4 is 11.8 Å². The van der Waals surface area contributed by atoms with Crippen LogP contribution in [0.25, 0.3) is 0 Å². The van der Waals surface area contributed by atoms with Crippen molar-refractivity contribution in [3.8, 4) is 0 Å². The molecule has 3 aliphatic heterocycles. The summed E-state index contributed by atoms with van der Waals surface area (Å²) in [7, 11) is 0. The zero-order valence-corrected chi connectivity index (χ0v) is 17.8. The summed E-state index contributed by atoms with van der Waals surface area (Å²) >= 11 is 0. The number of halogens is 1. The number of fused-ring (bicyclic) bond motifs is 4. The van der Waals surface area contributed by atoms with Crippen LogP contribution in [0.3, 0.4) is 0 Å². The largest absolute Gasteiger partial charge is 0.342 e. The van der Waals surface area contributed by atoms with Crippen LogP contribution >= 0.6 is 0 Å². The number of nitrogens with zero attached hydrogens (tertiary/aromatic N) is 2. The van der Waals surface area contributed by atoms with Crippen LogP contribution in [0.15, 0.2) is 24.3 Å². The van der Waals surface area contributed by atoms with Crippen LogP contribution in [0.2, 0.25) is 0 Å². The van der Waals surface area contributed by atoms with Gasteiger partial charge in [0, 0.05) is 37.5 Å². The van der Waals surface area contributed by atoms with Gasteiger partial charge in [0.2, 0.25) is 11.8 Å². The number of benzene rings is 1. The van der Waals surface area contributed by atoms with Gasteiger partial charge in [0.1, 0.15) is 5.82 Å². The quantitative estimate of drug-likeness (QED) is 0.747. The second kappa shape index (κ2) is 8.32. The van der Waals surface area contributed by atoms with E-state index in [0.717, 1.165) is 50.8 Å². The number of likely N-dealkylation sites (tertiary alicyclic amines) is 1. The summed E-state index contributed by atoms with van der Waals surface area (Å²) in [4.78, 5) is 30.6. The Morgan fingerprint density at radius 2 is 1.83 bits per heavy atom. The summed E-state index contributed by atoms with van der Waals surface area (Å²) in [5, 5.41) is 0. The monoisotopic (exact) mass is 412 g/mol. The Balaban J connectivity index is 1.40. The molecule has 4 aliphatic rings. The van der Waals surface area contributed by atoms with Crippen molar-refractivity contribution in [2.75, 3.05) is 13.1 Å². The van der Waals surface area contributed by atoms with Gasteiger partial charge in [-0.15, -0.1) is 0 Å². The van der Waals surface area contributed by atoms with Gasteiger partial charge in [0.05, 0.1) is 0 Å². The van der Waals surface area contributed by atoms with E-state index < -0.39 is 0 Å². The summed E-state index contributed by atoms with van der Waals surface area (Å²) in [6, 6.07) is 7.10. The Morgan fingerprint density at radius 1 is 1.03 bits per heavy atom. The van der Waals surface area contributed by atoms with Crippen molar-refractivity contribution in [1.82, 2.24) is 9.80 Å². The molecule has 5 rings (SSSR count). The highest BCUT2D eigenvalue weighted by Crippen LogP contribution is 2.43. The molecule has 0 unspecified atom stereocenters. The molecule has 3 saturated heterocycles. The van der Waals surface area contributed by atoms with E-state index in [9.17, 15) is 14.0 Å². The van der Waals surface area contributed by atoms with Crippen LogP contribution in [0.5, 0.6) is 0 Å². The van der Waals surface area contributed by atoms with E-state index in [-0.39, 0.29) is 35.6 Å². The van der Waals surface area contributed by atoms with Gasteiger partial charge >= 0.3 is 0 Å². The van der Waals surface area contributed by atoms with Crippen LogP contribution in [0, 0.1) is 23.6 Å². The number of carbonyl (C=O) groups excluding carboxylic acids is 2. The van der Waals surface area contributed by atoms with Crippen LogP contribution in [0.4, 0.5) is 4.39 Å². The van der Waals surface area contributed by atoms with E-state index in [1.807, 2.05) is 6.07 Å². The lowest BCUT2D eigenvalue weighted by Crippen LogP contribution is -2.66. The van der Waals surface area contributed by atoms with E-state index in [2.05, 4.69) is 9.80 Å². The molecule has 1 aliphatic carbocycles. The highest BCUT2D eigenvalue weighted by molar-refractivity contribution is 5.80. The standard InChI is InChI=1S/C25H33FN2O2/c26-21-9-4-6-17(12-21)13-23-20-14-19(22-10-5-11-24(29)28(22)23)15-27(16-20)25(30)18-7-2-1-3-8-18/h4,6,9,12,18-20,22-23H,1-3,5,7-8,10-11,13-16H2/t19-,20+,22+,23+/m1/s1. The number of piperidine rings is 3. The van der Waals surface area contributed by atoms with Crippen molar-refractivity contribution in [3.63, 3.8) is 0 Å². The van der Waals surface area contributed by atoms with Gasteiger partial charge in [-0.05, 0) is 68.1 Å². The summed E-state index contributed by atoms with van der Waals surface area (Å²) in [5.74, 6) is 1.27. The summed E-state index contributed by atoms with van der Waals surface area (Å²) in [5.41, 5.74) is 0.950. The molecule has 4 fully saturated rings. The molecule has 2 amide bonds. The summed E-state index contributed by atoms with van der Waals surface area (Å²) < 4.78 is 13.8. The molecule has 0 spiro atoms. The summed E-state index contributed by atoms with van der Waals surface area (Å²) in [6.07, 6.45) is 10.0. The lowest BCUT2D eigenvalue weighted by Gasteiger charge is -2.57. The van der Waals surface area contributed by atoms with E-state index >= 15 is 0 Å². The Morgan fingerprint density at radius 3 is 2.63 bits per heavy atom. The maximum absolute atomic E-state index is 13.8. The molecule has 4 nitrogen and oxygen atoms in total. The predicted octanol–water partition coefficient (Wildman–Crippen LogP) is 4.18. The van der Waals surface area contributed by atoms with Crippen molar-refractivity contribution in [1.29, 1.82) is 0 Å². The van der Waals surface area contributed by atoms with Gasteiger partial charge in [0.25, 0.3) is 0 Å². The lowest BCUT2D eigenvalue weighted by atomic mass is 9.70. The molecule has 5 heteroatoms. The first-order valence-electron chi connectivity index (χ1n) is 11.9. The number of hydrogen-bond donors (Lipinski definition) is 0. The first-order valence-corrected chi connectivity index (χ1v) is 11.9. The highest BCUT2D eigenvalue weighted by Gasteiger charge is 2.50. The van der Waals surface area contributed by atoms with Gasteiger partial charge in [-0.2, -0.15) is 0 Å². The molecular weight excluding hydrogens is 379 g/mol. The third-order valence-corrected chi connectivity index (χ3v) is 8.10. The number of amides is 2. The highest BCUT2D eigenvalue weighted by atomic mass is 19.1. The molecular formula is C25H33FN2O2. The molecule has 1 aromatic carbocycles. The third-order valence-electron chi connectivity index (χ3n) is 8.10. The Bertz CT molecular complexity index is 806. The second-order valence-corrected chi connectivity index (χ2v) is 10.00. The van der Waals surface area contributed by atoms with Crippen molar-refractivity contribution < 1.29 is 14.0 Å². The topological polar surface area (TPSA) is 40.6 Å². The van der Waals surface area contributed by atoms with E-state index in [4.69, 9.17) is 0 Å². The molecule has 0 radical (unpaired) electrons. The van der Waals surface area contributed by atoms with Crippen LogP contribution in [0.1, 0.15) is 63.4 Å².